The zero-order chi connectivity index (χ0) is 21.4. The standard InChI is InChI=1S/C24H29N5O2/c1-16-17(2)29(19-7-3-4-8-19)22-21(16)23(27-15-26-22)31-20-9-12-28(13-10-20)24(30)18-6-5-11-25-14-18/h5-6,11,14-15,19-20H,3-4,7-10,12-13H2,1-2H3. The highest BCUT2D eigenvalue weighted by Gasteiger charge is 2.28. The van der Waals surface area contributed by atoms with Gasteiger partial charge in [0.05, 0.1) is 10.9 Å². The van der Waals surface area contributed by atoms with Crippen LogP contribution in [0.1, 0.15) is 66.2 Å². The molecule has 1 aliphatic heterocycles. The first-order valence-corrected chi connectivity index (χ1v) is 11.3. The highest BCUT2D eigenvalue weighted by Crippen LogP contribution is 2.38. The van der Waals surface area contributed by atoms with Crippen molar-refractivity contribution in [3.05, 3.63) is 47.7 Å². The summed E-state index contributed by atoms with van der Waals surface area (Å²) in [5.74, 6) is 0.718. The van der Waals surface area contributed by atoms with Crippen molar-refractivity contribution >= 4 is 16.9 Å². The molecule has 1 saturated heterocycles. The normalized spacial score (nSPS) is 18.1. The van der Waals surface area contributed by atoms with Crippen LogP contribution in [0.15, 0.2) is 30.9 Å². The van der Waals surface area contributed by atoms with E-state index in [1.54, 1.807) is 24.8 Å². The van der Waals surface area contributed by atoms with Crippen LogP contribution in [0.4, 0.5) is 0 Å². The van der Waals surface area contributed by atoms with Gasteiger partial charge in [-0.2, -0.15) is 0 Å². The van der Waals surface area contributed by atoms with Crippen LogP contribution in [0.5, 0.6) is 5.88 Å². The minimum absolute atomic E-state index is 0.0380. The number of carbonyl (C=O) groups excluding carboxylic acids is 1. The molecule has 0 aromatic carbocycles. The molecule has 7 nitrogen and oxygen atoms in total. The Morgan fingerprint density at radius 3 is 2.58 bits per heavy atom. The summed E-state index contributed by atoms with van der Waals surface area (Å²) in [6.07, 6.45) is 11.6. The number of pyridine rings is 1. The quantitative estimate of drug-likeness (QED) is 0.632. The zero-order valence-corrected chi connectivity index (χ0v) is 18.3. The van der Waals surface area contributed by atoms with Crippen LogP contribution in [0, 0.1) is 13.8 Å². The summed E-state index contributed by atoms with van der Waals surface area (Å²) < 4.78 is 8.80. The number of ether oxygens (including phenoxy) is 1. The first-order valence-electron chi connectivity index (χ1n) is 11.3. The Balaban J connectivity index is 1.33. The van der Waals surface area contributed by atoms with E-state index >= 15 is 0 Å². The average Bonchev–Trinajstić information content (AvgIpc) is 3.42. The number of aromatic nitrogens is 4. The number of piperidine rings is 1. The van der Waals surface area contributed by atoms with E-state index < -0.39 is 0 Å². The van der Waals surface area contributed by atoms with E-state index in [9.17, 15) is 4.79 Å². The summed E-state index contributed by atoms with van der Waals surface area (Å²) in [5, 5.41) is 1.04. The molecular formula is C24H29N5O2. The molecule has 0 radical (unpaired) electrons. The van der Waals surface area contributed by atoms with Gasteiger partial charge in [-0.25, -0.2) is 9.97 Å². The van der Waals surface area contributed by atoms with E-state index in [4.69, 9.17) is 4.74 Å². The number of likely N-dealkylation sites (tertiary alicyclic amines) is 1. The second kappa shape index (κ2) is 8.29. The van der Waals surface area contributed by atoms with Crippen LogP contribution in [-0.4, -0.2) is 49.5 Å². The lowest BCUT2D eigenvalue weighted by Gasteiger charge is -2.32. The number of hydrogen-bond donors (Lipinski definition) is 0. The predicted molar refractivity (Wildman–Crippen MR) is 118 cm³/mol. The van der Waals surface area contributed by atoms with E-state index in [-0.39, 0.29) is 12.0 Å². The second-order valence-electron chi connectivity index (χ2n) is 8.75. The first kappa shape index (κ1) is 20.0. The summed E-state index contributed by atoms with van der Waals surface area (Å²) in [5.41, 5.74) is 4.11. The number of fused-ring (bicyclic) bond motifs is 1. The van der Waals surface area contributed by atoms with Gasteiger partial charge in [-0.15, -0.1) is 0 Å². The van der Waals surface area contributed by atoms with Gasteiger partial charge in [-0.05, 0) is 44.4 Å². The van der Waals surface area contributed by atoms with Gasteiger partial charge in [-0.1, -0.05) is 12.8 Å². The maximum atomic E-state index is 12.7. The van der Waals surface area contributed by atoms with Crippen LogP contribution < -0.4 is 4.74 Å². The molecule has 4 heterocycles. The van der Waals surface area contributed by atoms with Crippen molar-refractivity contribution in [2.24, 2.45) is 0 Å². The molecule has 3 aromatic rings. The topological polar surface area (TPSA) is 73.1 Å². The third-order valence-corrected chi connectivity index (χ3v) is 6.91. The fourth-order valence-electron chi connectivity index (χ4n) is 5.10. The van der Waals surface area contributed by atoms with Crippen molar-refractivity contribution in [2.45, 2.75) is 64.5 Å². The van der Waals surface area contributed by atoms with Crippen LogP contribution in [0.2, 0.25) is 0 Å². The molecule has 0 unspecified atom stereocenters. The van der Waals surface area contributed by atoms with Crippen molar-refractivity contribution in [3.8, 4) is 5.88 Å². The summed E-state index contributed by atoms with van der Waals surface area (Å²) in [7, 11) is 0. The summed E-state index contributed by atoms with van der Waals surface area (Å²) in [4.78, 5) is 27.8. The van der Waals surface area contributed by atoms with Crippen LogP contribution >= 0.6 is 0 Å². The van der Waals surface area contributed by atoms with Crippen molar-refractivity contribution in [2.75, 3.05) is 13.1 Å². The van der Waals surface area contributed by atoms with Crippen molar-refractivity contribution < 1.29 is 9.53 Å². The molecule has 0 bridgehead atoms. The smallest absolute Gasteiger partial charge is 0.255 e. The summed E-state index contributed by atoms with van der Waals surface area (Å²) in [6.45, 7) is 5.68. The Hall–Kier alpha value is -2.96. The molecule has 0 spiro atoms. The number of amides is 1. The summed E-state index contributed by atoms with van der Waals surface area (Å²) >= 11 is 0. The van der Waals surface area contributed by atoms with Gasteiger partial charge in [0.1, 0.15) is 18.1 Å². The van der Waals surface area contributed by atoms with Gasteiger partial charge in [0, 0.05) is 50.1 Å². The molecule has 1 aliphatic carbocycles. The van der Waals surface area contributed by atoms with Crippen molar-refractivity contribution in [1.82, 2.24) is 24.4 Å². The lowest BCUT2D eigenvalue weighted by Crippen LogP contribution is -2.41. The number of rotatable bonds is 4. The van der Waals surface area contributed by atoms with Gasteiger partial charge >= 0.3 is 0 Å². The lowest BCUT2D eigenvalue weighted by atomic mass is 10.1. The van der Waals surface area contributed by atoms with Crippen molar-refractivity contribution in [1.29, 1.82) is 0 Å². The number of nitrogens with zero attached hydrogens (tertiary/aromatic N) is 5. The Labute approximate surface area is 182 Å². The van der Waals surface area contributed by atoms with Crippen LogP contribution in [0.3, 0.4) is 0 Å². The second-order valence-corrected chi connectivity index (χ2v) is 8.75. The van der Waals surface area contributed by atoms with Crippen molar-refractivity contribution in [3.63, 3.8) is 0 Å². The van der Waals surface area contributed by atoms with Gasteiger partial charge < -0.3 is 14.2 Å². The van der Waals surface area contributed by atoms with E-state index in [1.807, 2.05) is 11.0 Å². The molecule has 7 heteroatoms. The third kappa shape index (κ3) is 3.66. The largest absolute Gasteiger partial charge is 0.474 e. The Bertz CT molecular complexity index is 1080. The molecule has 5 rings (SSSR count). The van der Waals surface area contributed by atoms with E-state index in [0.29, 0.717) is 30.6 Å². The third-order valence-electron chi connectivity index (χ3n) is 6.91. The average molecular weight is 420 g/mol. The fourth-order valence-corrected chi connectivity index (χ4v) is 5.10. The number of carbonyl (C=O) groups is 1. The highest BCUT2D eigenvalue weighted by atomic mass is 16.5. The van der Waals surface area contributed by atoms with Gasteiger partial charge in [-0.3, -0.25) is 9.78 Å². The first-order chi connectivity index (χ1) is 15.1. The van der Waals surface area contributed by atoms with E-state index in [2.05, 4.69) is 33.4 Å². The molecule has 2 fully saturated rings. The molecule has 3 aromatic heterocycles. The lowest BCUT2D eigenvalue weighted by molar-refractivity contribution is 0.0590. The maximum absolute atomic E-state index is 12.7. The minimum Gasteiger partial charge on any atom is -0.474 e. The van der Waals surface area contributed by atoms with Gasteiger partial charge in [0.2, 0.25) is 5.88 Å². The number of hydrogen-bond acceptors (Lipinski definition) is 5. The molecule has 0 atom stereocenters. The number of aryl methyl sites for hydroxylation is 1. The van der Waals surface area contributed by atoms with E-state index in [0.717, 1.165) is 23.9 Å². The maximum Gasteiger partial charge on any atom is 0.255 e. The Morgan fingerprint density at radius 1 is 1.10 bits per heavy atom. The monoisotopic (exact) mass is 419 g/mol. The molecule has 1 saturated carbocycles. The highest BCUT2D eigenvalue weighted by molar-refractivity contribution is 5.94. The summed E-state index contributed by atoms with van der Waals surface area (Å²) in [6, 6.07) is 4.14. The molecular weight excluding hydrogens is 390 g/mol. The van der Waals surface area contributed by atoms with Crippen LogP contribution in [-0.2, 0) is 0 Å². The Morgan fingerprint density at radius 2 is 1.87 bits per heavy atom. The SMILES string of the molecule is Cc1c(C)n(C2CCCC2)c2ncnc(OC3CCN(C(=O)c4cccnc4)CC3)c12. The molecule has 31 heavy (non-hydrogen) atoms. The van der Waals surface area contributed by atoms with Crippen LogP contribution in [0.25, 0.3) is 11.0 Å². The van der Waals surface area contributed by atoms with Gasteiger partial charge in [0.15, 0.2) is 0 Å². The molecule has 162 valence electrons. The zero-order valence-electron chi connectivity index (χ0n) is 18.3. The Kier molecular flexibility index (Phi) is 5.34. The van der Waals surface area contributed by atoms with Gasteiger partial charge in [0.25, 0.3) is 5.91 Å². The molecule has 2 aliphatic rings. The fraction of sp³-hybridized carbons (Fsp3) is 0.500. The van der Waals surface area contributed by atoms with E-state index in [1.165, 1.54) is 36.9 Å². The molecule has 0 N–H and O–H groups in total. The predicted octanol–water partition coefficient (Wildman–Crippen LogP) is 4.24. The molecule has 1 amide bonds. The minimum atomic E-state index is 0.0380.